The van der Waals surface area contributed by atoms with Gasteiger partial charge in [-0.05, 0) is 49.6 Å². The largest absolute Gasteiger partial charge is 0.415 e. The predicted octanol–water partition coefficient (Wildman–Crippen LogP) is 3.60. The number of rotatable bonds is 3. The van der Waals surface area contributed by atoms with Crippen molar-refractivity contribution in [1.82, 2.24) is 4.90 Å². The van der Waals surface area contributed by atoms with Gasteiger partial charge in [0, 0.05) is 12.2 Å². The van der Waals surface area contributed by atoms with Crippen molar-refractivity contribution in [1.29, 1.82) is 0 Å². The Morgan fingerprint density at radius 1 is 1.12 bits per heavy atom. The van der Waals surface area contributed by atoms with Gasteiger partial charge in [0.15, 0.2) is 0 Å². The zero-order valence-electron chi connectivity index (χ0n) is 13.6. The summed E-state index contributed by atoms with van der Waals surface area (Å²) in [6.07, 6.45) is 0.945. The van der Waals surface area contributed by atoms with Crippen LogP contribution in [0.2, 0.25) is 0 Å². The number of nitrogens with zero attached hydrogens (tertiary/aromatic N) is 1. The summed E-state index contributed by atoms with van der Waals surface area (Å²) in [6.45, 7) is 2.49. The summed E-state index contributed by atoms with van der Waals surface area (Å²) >= 11 is 0. The van der Waals surface area contributed by atoms with Gasteiger partial charge in [-0.25, -0.2) is 4.79 Å². The molecule has 2 aromatic rings. The van der Waals surface area contributed by atoms with Crippen LogP contribution < -0.4 is 10.1 Å². The number of para-hydroxylation sites is 1. The maximum atomic E-state index is 12.5. The lowest BCUT2D eigenvalue weighted by Crippen LogP contribution is -2.44. The van der Waals surface area contributed by atoms with E-state index in [1.807, 2.05) is 37.3 Å². The molecule has 1 heterocycles. The molecule has 2 aromatic carbocycles. The van der Waals surface area contributed by atoms with Crippen molar-refractivity contribution in [2.24, 2.45) is 0 Å². The van der Waals surface area contributed by atoms with E-state index < -0.39 is 12.1 Å². The number of aryl methyl sites for hydroxylation is 1. The maximum Gasteiger partial charge on any atom is 0.415 e. The Morgan fingerprint density at radius 2 is 1.92 bits per heavy atom. The molecule has 5 heteroatoms. The van der Waals surface area contributed by atoms with Crippen LogP contribution in [0.25, 0.3) is 0 Å². The first kappa shape index (κ1) is 16.1. The van der Waals surface area contributed by atoms with Crippen molar-refractivity contribution in [3.8, 4) is 5.75 Å². The van der Waals surface area contributed by atoms with E-state index in [1.165, 1.54) is 4.90 Å². The molecule has 1 N–H and O–H groups in total. The van der Waals surface area contributed by atoms with Gasteiger partial charge in [-0.15, -0.1) is 0 Å². The van der Waals surface area contributed by atoms with Crippen LogP contribution in [-0.4, -0.2) is 29.5 Å². The molecule has 0 radical (unpaired) electrons. The van der Waals surface area contributed by atoms with Gasteiger partial charge in [0.2, 0.25) is 5.91 Å². The molecular formula is C19H20N2O3. The number of benzene rings is 2. The normalized spacial score (nSPS) is 16.7. The first-order valence-electron chi connectivity index (χ1n) is 8.04. The monoisotopic (exact) mass is 324 g/mol. The van der Waals surface area contributed by atoms with E-state index in [2.05, 4.69) is 5.32 Å². The summed E-state index contributed by atoms with van der Waals surface area (Å²) < 4.78 is 5.36. The van der Waals surface area contributed by atoms with Crippen molar-refractivity contribution in [3.05, 3.63) is 60.2 Å². The van der Waals surface area contributed by atoms with Crippen LogP contribution in [0.3, 0.4) is 0 Å². The van der Waals surface area contributed by atoms with Gasteiger partial charge in [0.05, 0.1) is 0 Å². The molecule has 1 fully saturated rings. The fraction of sp³-hybridized carbons (Fsp3) is 0.263. The molecule has 0 saturated carbocycles. The van der Waals surface area contributed by atoms with Crippen molar-refractivity contribution >= 4 is 17.7 Å². The molecule has 2 amide bonds. The zero-order chi connectivity index (χ0) is 16.9. The Morgan fingerprint density at radius 3 is 2.67 bits per heavy atom. The Hall–Kier alpha value is -2.82. The number of anilines is 1. The second kappa shape index (κ2) is 7.17. The summed E-state index contributed by atoms with van der Waals surface area (Å²) in [5.41, 5.74) is 1.81. The van der Waals surface area contributed by atoms with Crippen molar-refractivity contribution in [2.75, 3.05) is 11.9 Å². The van der Waals surface area contributed by atoms with Crippen LogP contribution >= 0.6 is 0 Å². The van der Waals surface area contributed by atoms with Gasteiger partial charge in [-0.1, -0.05) is 30.3 Å². The minimum absolute atomic E-state index is 0.178. The van der Waals surface area contributed by atoms with Gasteiger partial charge in [-0.3, -0.25) is 9.69 Å². The van der Waals surface area contributed by atoms with Gasteiger partial charge < -0.3 is 10.1 Å². The quantitative estimate of drug-likeness (QED) is 0.938. The van der Waals surface area contributed by atoms with Gasteiger partial charge >= 0.3 is 6.09 Å². The van der Waals surface area contributed by atoms with E-state index in [1.54, 1.807) is 24.3 Å². The Balaban J connectivity index is 1.66. The topological polar surface area (TPSA) is 58.6 Å². The highest BCUT2D eigenvalue weighted by molar-refractivity contribution is 5.97. The third-order valence-corrected chi connectivity index (χ3v) is 4.02. The first-order valence-corrected chi connectivity index (χ1v) is 8.04. The van der Waals surface area contributed by atoms with Gasteiger partial charge in [0.25, 0.3) is 0 Å². The number of hydrogen-bond donors (Lipinski definition) is 1. The van der Waals surface area contributed by atoms with Crippen molar-refractivity contribution in [2.45, 2.75) is 25.8 Å². The van der Waals surface area contributed by atoms with E-state index in [0.717, 1.165) is 17.7 Å². The smallest absolute Gasteiger partial charge is 0.410 e. The number of ether oxygens (including phenoxy) is 1. The third-order valence-electron chi connectivity index (χ3n) is 4.02. The van der Waals surface area contributed by atoms with Crippen LogP contribution in [0.4, 0.5) is 10.5 Å². The highest BCUT2D eigenvalue weighted by Crippen LogP contribution is 2.21. The average molecular weight is 324 g/mol. The second-order valence-electron chi connectivity index (χ2n) is 5.89. The minimum atomic E-state index is -0.498. The summed E-state index contributed by atoms with van der Waals surface area (Å²) in [5.74, 6) is 0.301. The van der Waals surface area contributed by atoms with Crippen molar-refractivity contribution in [3.63, 3.8) is 0 Å². The molecule has 1 aliphatic heterocycles. The molecule has 0 bridgehead atoms. The van der Waals surface area contributed by atoms with Crippen LogP contribution in [0, 0.1) is 6.92 Å². The van der Waals surface area contributed by atoms with Crippen molar-refractivity contribution < 1.29 is 14.3 Å². The van der Waals surface area contributed by atoms with E-state index in [9.17, 15) is 9.59 Å². The SMILES string of the molecule is Cc1cccc(NC(=O)[C@@H]2CCCN2C(=O)Oc2ccccc2)c1. The molecule has 1 saturated heterocycles. The number of nitrogens with one attached hydrogen (secondary N) is 1. The van der Waals surface area contributed by atoms with Crippen LogP contribution in [0.1, 0.15) is 18.4 Å². The zero-order valence-corrected chi connectivity index (χ0v) is 13.6. The maximum absolute atomic E-state index is 12.5. The Bertz CT molecular complexity index is 730. The predicted molar refractivity (Wildman–Crippen MR) is 92.0 cm³/mol. The summed E-state index contributed by atoms with van der Waals surface area (Å²) in [7, 11) is 0. The molecule has 0 aliphatic carbocycles. The van der Waals surface area contributed by atoms with E-state index >= 15 is 0 Å². The highest BCUT2D eigenvalue weighted by atomic mass is 16.6. The Labute approximate surface area is 141 Å². The standard InChI is InChI=1S/C19H20N2O3/c1-14-7-5-8-15(13-14)20-18(22)17-11-6-12-21(17)19(23)24-16-9-3-2-4-10-16/h2-5,7-10,13,17H,6,11-12H2,1H3,(H,20,22)/t17-/m0/s1. The summed E-state index contributed by atoms with van der Waals surface area (Å²) in [4.78, 5) is 26.4. The number of hydrogen-bond acceptors (Lipinski definition) is 3. The lowest BCUT2D eigenvalue weighted by Gasteiger charge is -2.23. The molecule has 3 rings (SSSR count). The number of amides is 2. The second-order valence-corrected chi connectivity index (χ2v) is 5.89. The molecule has 0 unspecified atom stereocenters. The molecule has 0 spiro atoms. The van der Waals surface area contributed by atoms with E-state index in [0.29, 0.717) is 18.7 Å². The van der Waals surface area contributed by atoms with Gasteiger partial charge in [0.1, 0.15) is 11.8 Å². The lowest BCUT2D eigenvalue weighted by molar-refractivity contribution is -0.119. The van der Waals surface area contributed by atoms with E-state index in [4.69, 9.17) is 4.74 Å². The molecule has 0 aromatic heterocycles. The van der Waals surface area contributed by atoms with Crippen LogP contribution in [0.15, 0.2) is 54.6 Å². The fourth-order valence-corrected chi connectivity index (χ4v) is 2.85. The van der Waals surface area contributed by atoms with Crippen LogP contribution in [0.5, 0.6) is 5.75 Å². The molecule has 24 heavy (non-hydrogen) atoms. The first-order chi connectivity index (χ1) is 11.6. The van der Waals surface area contributed by atoms with Gasteiger partial charge in [-0.2, -0.15) is 0 Å². The number of carbonyl (C=O) groups excluding carboxylic acids is 2. The molecular weight excluding hydrogens is 304 g/mol. The summed E-state index contributed by atoms with van der Waals surface area (Å²) in [6, 6.07) is 16.0. The molecule has 1 aliphatic rings. The Kier molecular flexibility index (Phi) is 4.79. The number of carbonyl (C=O) groups is 2. The lowest BCUT2D eigenvalue weighted by atomic mass is 10.2. The molecule has 5 nitrogen and oxygen atoms in total. The van der Waals surface area contributed by atoms with Crippen LogP contribution in [-0.2, 0) is 4.79 Å². The average Bonchev–Trinajstić information content (AvgIpc) is 3.06. The highest BCUT2D eigenvalue weighted by Gasteiger charge is 2.35. The summed E-state index contributed by atoms with van der Waals surface area (Å²) in [5, 5.41) is 2.89. The molecule has 1 atom stereocenters. The third kappa shape index (κ3) is 3.74. The minimum Gasteiger partial charge on any atom is -0.410 e. The van der Waals surface area contributed by atoms with E-state index in [-0.39, 0.29) is 5.91 Å². The number of likely N-dealkylation sites (tertiary alicyclic amines) is 1. The molecule has 124 valence electrons. The fourth-order valence-electron chi connectivity index (χ4n) is 2.85.